The zero-order valence-electron chi connectivity index (χ0n) is 33.5. The first-order valence-corrected chi connectivity index (χ1v) is 18.8. The summed E-state index contributed by atoms with van der Waals surface area (Å²) in [6.07, 6.45) is 0.305. The Bertz CT molecular complexity index is 1890. The van der Waals surface area contributed by atoms with E-state index in [-0.39, 0.29) is 43.7 Å². The van der Waals surface area contributed by atoms with Gasteiger partial charge in [0.05, 0.1) is 44.7 Å². The fraction of sp³-hybridized carbons (Fsp3) is 0.500. The predicted octanol–water partition coefficient (Wildman–Crippen LogP) is 2.55. The first kappa shape index (κ1) is 43.1. The van der Waals surface area contributed by atoms with Gasteiger partial charge in [0.25, 0.3) is 5.91 Å². The van der Waals surface area contributed by atoms with Gasteiger partial charge in [-0.2, -0.15) is 5.10 Å². The molecule has 0 radical (unpaired) electrons. The molecule has 2 heterocycles. The van der Waals surface area contributed by atoms with Crippen LogP contribution >= 0.6 is 0 Å². The maximum atomic E-state index is 13.7. The Kier molecular flexibility index (Phi) is 15.2. The number of amides is 5. The Morgan fingerprint density at radius 3 is 2.32 bits per heavy atom. The molecule has 16 heteroatoms. The van der Waals surface area contributed by atoms with Crippen molar-refractivity contribution < 1.29 is 43.3 Å². The minimum Gasteiger partial charge on any atom is -0.496 e. The average molecular weight is 778 g/mol. The first-order chi connectivity index (χ1) is 26.7. The summed E-state index contributed by atoms with van der Waals surface area (Å²) in [4.78, 5) is 69.2. The lowest BCUT2D eigenvalue weighted by atomic mass is 10.0. The van der Waals surface area contributed by atoms with Crippen LogP contribution in [-0.2, 0) is 38.7 Å². The maximum Gasteiger partial charge on any atom is 0.251 e. The van der Waals surface area contributed by atoms with Crippen molar-refractivity contribution >= 4 is 29.5 Å². The number of hydrogen-bond donors (Lipinski definition) is 5. The number of benzene rings is 2. The number of aromatic nitrogens is 2. The minimum absolute atomic E-state index is 0.0719. The van der Waals surface area contributed by atoms with Gasteiger partial charge in [0.2, 0.25) is 23.6 Å². The molecule has 3 aromatic rings. The van der Waals surface area contributed by atoms with Gasteiger partial charge in [-0.25, -0.2) is 0 Å². The number of rotatable bonds is 7. The summed E-state index contributed by atoms with van der Waals surface area (Å²) in [7, 11) is 2.96. The van der Waals surface area contributed by atoms with E-state index in [0.717, 1.165) is 23.4 Å². The number of nitrogens with zero attached hydrogens (tertiary/aromatic N) is 3. The third kappa shape index (κ3) is 10.8. The highest BCUT2D eigenvalue weighted by molar-refractivity contribution is 5.95. The second-order valence-electron chi connectivity index (χ2n) is 14.1. The summed E-state index contributed by atoms with van der Waals surface area (Å²) >= 11 is 0. The van der Waals surface area contributed by atoms with Crippen molar-refractivity contribution in [3.63, 3.8) is 0 Å². The second-order valence-corrected chi connectivity index (χ2v) is 14.1. The Labute approximate surface area is 327 Å². The Morgan fingerprint density at radius 2 is 1.68 bits per heavy atom. The second kappa shape index (κ2) is 19.8. The molecule has 0 unspecified atom stereocenters. The van der Waals surface area contributed by atoms with Crippen LogP contribution in [0.3, 0.4) is 0 Å². The molecular formula is C40H55N7O9. The molecule has 0 saturated heterocycles. The molecule has 2 bridgehead atoms. The normalized spacial score (nSPS) is 18.4. The molecule has 5 N–H and O–H groups in total. The number of carbonyl (C=O) groups is 5. The molecule has 0 fully saturated rings. The topological polar surface area (TPSA) is 202 Å². The summed E-state index contributed by atoms with van der Waals surface area (Å²) in [5.74, 6) is -1.80. The fourth-order valence-electron chi connectivity index (χ4n) is 6.54. The number of methoxy groups -OCH3 is 2. The van der Waals surface area contributed by atoms with Crippen LogP contribution in [0.15, 0.2) is 36.4 Å². The molecule has 2 aromatic carbocycles. The highest BCUT2D eigenvalue weighted by atomic mass is 16.5. The summed E-state index contributed by atoms with van der Waals surface area (Å²) in [5.41, 5.74) is 3.50. The van der Waals surface area contributed by atoms with E-state index < -0.39 is 48.4 Å². The van der Waals surface area contributed by atoms with Gasteiger partial charge >= 0.3 is 0 Å². The molecule has 1 aromatic heterocycles. The molecule has 3 atom stereocenters. The van der Waals surface area contributed by atoms with Gasteiger partial charge in [0, 0.05) is 24.3 Å². The lowest BCUT2D eigenvalue weighted by Gasteiger charge is -2.28. The smallest absolute Gasteiger partial charge is 0.251 e. The molecule has 4 rings (SSSR count). The van der Waals surface area contributed by atoms with Crippen molar-refractivity contribution in [2.45, 2.75) is 92.1 Å². The molecule has 0 spiro atoms. The number of carbonyl (C=O) groups excluding carboxylic acids is 5. The summed E-state index contributed by atoms with van der Waals surface area (Å²) in [6.45, 7) is 10.5. The molecule has 0 saturated carbocycles. The Balaban J connectivity index is 1.67. The largest absolute Gasteiger partial charge is 0.496 e. The van der Waals surface area contributed by atoms with E-state index in [2.05, 4.69) is 26.4 Å². The molecule has 304 valence electrons. The fourth-order valence-corrected chi connectivity index (χ4v) is 6.54. The van der Waals surface area contributed by atoms with Crippen LogP contribution in [0, 0.1) is 19.8 Å². The molecule has 0 aliphatic carbocycles. The standard InChI is InChI=1S/C40H55N7O9/c1-9-28-24(4)45-47(25(28)5)22-35(50)46-18-11-10-17-41-38(51)27-15-16-32(55-8)33(19-27)56-31-14-12-13-30(54-7)29(31)20-42-39(52)36(23(2)3)44-40(53)37(26(6)48)43-34(49)21-46/h12-16,19,23,26,36-37,48H,9-11,17-18,20-22H2,1-8H3,(H,41,51)(H,42,52)(H,43,49)(H,44,53)/t26-,36-,37+/m1/s1. The maximum absolute atomic E-state index is 13.7. The van der Waals surface area contributed by atoms with Crippen molar-refractivity contribution in [2.24, 2.45) is 5.92 Å². The molecule has 1 aliphatic rings. The zero-order chi connectivity index (χ0) is 41.1. The third-order valence-electron chi connectivity index (χ3n) is 9.72. The predicted molar refractivity (Wildman–Crippen MR) is 208 cm³/mol. The van der Waals surface area contributed by atoms with Crippen LogP contribution in [0.2, 0.25) is 0 Å². The number of nitrogens with one attached hydrogen (secondary N) is 4. The number of ether oxygens (including phenoxy) is 3. The van der Waals surface area contributed by atoms with Crippen LogP contribution in [-0.4, -0.2) is 101 Å². The number of hydrogen-bond acceptors (Lipinski definition) is 10. The lowest BCUT2D eigenvalue weighted by molar-refractivity contribution is -0.139. The number of aliphatic hydroxyl groups is 1. The highest BCUT2D eigenvalue weighted by Crippen LogP contribution is 2.37. The highest BCUT2D eigenvalue weighted by Gasteiger charge is 2.32. The number of aryl methyl sites for hydroxylation is 1. The van der Waals surface area contributed by atoms with Gasteiger partial charge in [0.1, 0.15) is 30.1 Å². The number of fused-ring (bicyclic) bond motifs is 3. The molecular weight excluding hydrogens is 722 g/mol. The van der Waals surface area contributed by atoms with E-state index in [9.17, 15) is 29.1 Å². The zero-order valence-corrected chi connectivity index (χ0v) is 33.5. The first-order valence-electron chi connectivity index (χ1n) is 18.8. The van der Waals surface area contributed by atoms with E-state index in [1.165, 1.54) is 26.0 Å². The van der Waals surface area contributed by atoms with Gasteiger partial charge in [-0.05, 0) is 81.8 Å². The summed E-state index contributed by atoms with van der Waals surface area (Å²) in [6, 6.07) is 7.38. The third-order valence-corrected chi connectivity index (χ3v) is 9.72. The number of aliphatic hydroxyl groups excluding tert-OH is 1. The summed E-state index contributed by atoms with van der Waals surface area (Å²) in [5, 5.41) is 26.2. The molecule has 1 aliphatic heterocycles. The Morgan fingerprint density at radius 1 is 0.946 bits per heavy atom. The monoisotopic (exact) mass is 777 g/mol. The van der Waals surface area contributed by atoms with Crippen LogP contribution in [0.1, 0.15) is 73.4 Å². The quantitative estimate of drug-likeness (QED) is 0.237. The minimum atomic E-state index is -1.44. The summed E-state index contributed by atoms with van der Waals surface area (Å²) < 4.78 is 19.0. The van der Waals surface area contributed by atoms with Gasteiger partial charge in [0.15, 0.2) is 11.5 Å². The molecule has 56 heavy (non-hydrogen) atoms. The molecule has 16 nitrogen and oxygen atoms in total. The van der Waals surface area contributed by atoms with Crippen molar-refractivity contribution in [2.75, 3.05) is 33.9 Å². The van der Waals surface area contributed by atoms with Crippen LogP contribution in [0.25, 0.3) is 0 Å². The Hall–Kier alpha value is -5.64. The average Bonchev–Trinajstić information content (AvgIpc) is 3.43. The van der Waals surface area contributed by atoms with Crippen LogP contribution in [0.4, 0.5) is 0 Å². The van der Waals surface area contributed by atoms with Gasteiger partial charge in [-0.3, -0.25) is 28.7 Å². The van der Waals surface area contributed by atoms with Gasteiger partial charge < -0.3 is 45.5 Å². The van der Waals surface area contributed by atoms with Crippen molar-refractivity contribution in [1.29, 1.82) is 0 Å². The van der Waals surface area contributed by atoms with E-state index in [1.54, 1.807) is 54.9 Å². The van der Waals surface area contributed by atoms with E-state index in [0.29, 0.717) is 41.2 Å². The lowest BCUT2D eigenvalue weighted by Crippen LogP contribution is -2.59. The molecule has 5 amide bonds. The SMILES string of the molecule is CCc1c(C)nn(CC(=O)N2CCCCNC(=O)c3ccc(OC)c(c3)Oc3cccc(OC)c3CNC(=O)[C@@H](C(C)C)NC(=O)[C@H]([C@@H](C)O)NC(=O)C2)c1C. The van der Waals surface area contributed by atoms with Crippen LogP contribution < -0.4 is 35.5 Å². The van der Waals surface area contributed by atoms with E-state index in [4.69, 9.17) is 14.2 Å². The van der Waals surface area contributed by atoms with Crippen molar-refractivity contribution in [3.8, 4) is 23.0 Å². The van der Waals surface area contributed by atoms with Crippen LogP contribution in [0.5, 0.6) is 23.0 Å². The van der Waals surface area contributed by atoms with E-state index >= 15 is 0 Å². The van der Waals surface area contributed by atoms with Crippen molar-refractivity contribution in [1.82, 2.24) is 35.9 Å². The van der Waals surface area contributed by atoms with Gasteiger partial charge in [-0.15, -0.1) is 0 Å². The van der Waals surface area contributed by atoms with E-state index in [1.807, 2.05) is 20.8 Å². The van der Waals surface area contributed by atoms with Gasteiger partial charge in [-0.1, -0.05) is 26.8 Å². The van der Waals surface area contributed by atoms with Crippen molar-refractivity contribution in [3.05, 3.63) is 64.5 Å².